The SMILES string of the molecule is O=C(Cc1c(F)cccc1F)c1cc(Br)c(Cl)s1. The van der Waals surface area contributed by atoms with Crippen LogP contribution in [0.3, 0.4) is 0 Å². The smallest absolute Gasteiger partial charge is 0.177 e. The van der Waals surface area contributed by atoms with Crippen molar-refractivity contribution < 1.29 is 13.6 Å². The fourth-order valence-corrected chi connectivity index (χ4v) is 3.07. The number of benzene rings is 1. The molecule has 0 bridgehead atoms. The second-order valence-corrected chi connectivity index (χ2v) is 6.04. The van der Waals surface area contributed by atoms with E-state index in [1.54, 1.807) is 6.07 Å². The lowest BCUT2D eigenvalue weighted by molar-refractivity contribution is 0.0994. The Hall–Kier alpha value is -0.780. The Kier molecular flexibility index (Phi) is 4.14. The lowest BCUT2D eigenvalue weighted by atomic mass is 10.1. The number of carbonyl (C=O) groups excluding carboxylic acids is 1. The molecular weight excluding hydrogens is 346 g/mol. The molecule has 0 aliphatic heterocycles. The average Bonchev–Trinajstić information content (AvgIpc) is 2.64. The first-order valence-corrected chi connectivity index (χ1v) is 6.88. The van der Waals surface area contributed by atoms with E-state index < -0.39 is 11.6 Å². The number of halogens is 4. The van der Waals surface area contributed by atoms with Crippen molar-refractivity contribution in [3.63, 3.8) is 0 Å². The maximum atomic E-state index is 13.4. The highest BCUT2D eigenvalue weighted by molar-refractivity contribution is 9.10. The highest BCUT2D eigenvalue weighted by atomic mass is 79.9. The van der Waals surface area contributed by atoms with E-state index in [4.69, 9.17) is 11.6 Å². The van der Waals surface area contributed by atoms with E-state index in [-0.39, 0.29) is 17.8 Å². The van der Waals surface area contributed by atoms with Gasteiger partial charge in [-0.3, -0.25) is 4.79 Å². The standard InChI is InChI=1S/C12H6BrClF2OS/c13-7-5-11(18-12(7)14)10(17)4-6-8(15)2-1-3-9(6)16/h1-3,5H,4H2. The van der Waals surface area contributed by atoms with Crippen LogP contribution in [0.25, 0.3) is 0 Å². The maximum Gasteiger partial charge on any atom is 0.177 e. The second kappa shape index (κ2) is 5.47. The van der Waals surface area contributed by atoms with Crippen LogP contribution < -0.4 is 0 Å². The van der Waals surface area contributed by atoms with Gasteiger partial charge in [0.1, 0.15) is 16.0 Å². The number of rotatable bonds is 3. The maximum absolute atomic E-state index is 13.4. The van der Waals surface area contributed by atoms with Gasteiger partial charge in [-0.25, -0.2) is 8.78 Å². The number of hydrogen-bond acceptors (Lipinski definition) is 2. The summed E-state index contributed by atoms with van der Waals surface area (Å²) in [5, 5.41) is 0. The summed E-state index contributed by atoms with van der Waals surface area (Å²) in [6.07, 6.45) is -0.318. The van der Waals surface area contributed by atoms with E-state index in [1.165, 1.54) is 6.07 Å². The highest BCUT2D eigenvalue weighted by Gasteiger charge is 2.17. The van der Waals surface area contributed by atoms with Gasteiger partial charge >= 0.3 is 0 Å². The van der Waals surface area contributed by atoms with Crippen molar-refractivity contribution >= 4 is 44.7 Å². The Bertz CT molecular complexity index is 572. The predicted octanol–water partition coefficient (Wildman–Crippen LogP) is 4.87. The zero-order valence-corrected chi connectivity index (χ0v) is 12.0. The normalized spacial score (nSPS) is 10.7. The molecule has 0 saturated carbocycles. The van der Waals surface area contributed by atoms with Gasteiger partial charge in [0.15, 0.2) is 5.78 Å². The lowest BCUT2D eigenvalue weighted by Crippen LogP contribution is -2.05. The van der Waals surface area contributed by atoms with Crippen molar-refractivity contribution in [3.8, 4) is 0 Å². The van der Waals surface area contributed by atoms with Crippen molar-refractivity contribution in [1.29, 1.82) is 0 Å². The van der Waals surface area contributed by atoms with Crippen molar-refractivity contribution in [1.82, 2.24) is 0 Å². The molecule has 0 N–H and O–H groups in total. The molecule has 1 heterocycles. The van der Waals surface area contributed by atoms with Crippen LogP contribution in [0.1, 0.15) is 15.2 Å². The molecular formula is C12H6BrClF2OS. The molecule has 0 unspecified atom stereocenters. The van der Waals surface area contributed by atoms with Crippen LogP contribution in [0.4, 0.5) is 8.78 Å². The molecule has 94 valence electrons. The molecule has 0 spiro atoms. The number of thiophene rings is 1. The van der Waals surface area contributed by atoms with Gasteiger partial charge in [-0.1, -0.05) is 17.7 Å². The first kappa shape index (κ1) is 13.6. The highest BCUT2D eigenvalue weighted by Crippen LogP contribution is 2.32. The molecule has 2 aromatic rings. The number of hydrogen-bond donors (Lipinski definition) is 0. The first-order chi connectivity index (χ1) is 8.49. The van der Waals surface area contributed by atoms with Gasteiger partial charge in [0, 0.05) is 16.5 Å². The third-order valence-electron chi connectivity index (χ3n) is 2.32. The van der Waals surface area contributed by atoms with Gasteiger partial charge in [-0.2, -0.15) is 0 Å². The van der Waals surface area contributed by atoms with Crippen molar-refractivity contribution in [2.24, 2.45) is 0 Å². The number of ketones is 1. The third-order valence-corrected chi connectivity index (χ3v) is 4.83. The molecule has 18 heavy (non-hydrogen) atoms. The minimum atomic E-state index is -0.718. The largest absolute Gasteiger partial charge is 0.293 e. The van der Waals surface area contributed by atoms with Crippen molar-refractivity contribution in [3.05, 3.63) is 55.1 Å². The summed E-state index contributed by atoms with van der Waals surface area (Å²) in [7, 11) is 0. The minimum absolute atomic E-state index is 0.219. The Morgan fingerprint density at radius 2 is 1.94 bits per heavy atom. The Morgan fingerprint density at radius 1 is 1.33 bits per heavy atom. The van der Waals surface area contributed by atoms with Gasteiger partial charge in [0.05, 0.1) is 4.88 Å². The van der Waals surface area contributed by atoms with Crippen LogP contribution in [0, 0.1) is 11.6 Å². The molecule has 0 aliphatic carbocycles. The molecule has 1 aromatic heterocycles. The predicted molar refractivity (Wildman–Crippen MR) is 71.4 cm³/mol. The van der Waals surface area contributed by atoms with Crippen LogP contribution in [0.5, 0.6) is 0 Å². The summed E-state index contributed by atoms with van der Waals surface area (Å²) in [5.74, 6) is -1.80. The van der Waals surface area contributed by atoms with Crippen LogP contribution in [-0.2, 0) is 6.42 Å². The molecule has 0 aliphatic rings. The molecule has 0 radical (unpaired) electrons. The van der Waals surface area contributed by atoms with E-state index in [9.17, 15) is 13.6 Å². The van der Waals surface area contributed by atoms with Crippen LogP contribution in [-0.4, -0.2) is 5.78 Å². The minimum Gasteiger partial charge on any atom is -0.293 e. The fourth-order valence-electron chi connectivity index (χ4n) is 1.43. The fraction of sp³-hybridized carbons (Fsp3) is 0.0833. The Labute approximate surface area is 120 Å². The van der Waals surface area contributed by atoms with Gasteiger partial charge in [-0.15, -0.1) is 11.3 Å². The summed E-state index contributed by atoms with van der Waals surface area (Å²) in [6.45, 7) is 0. The van der Waals surface area contributed by atoms with Crippen LogP contribution in [0.2, 0.25) is 4.34 Å². The molecule has 0 amide bonds. The van der Waals surface area contributed by atoms with Gasteiger partial charge in [-0.05, 0) is 34.1 Å². The molecule has 0 fully saturated rings. The number of carbonyl (C=O) groups is 1. The van der Waals surface area contributed by atoms with Crippen LogP contribution >= 0.6 is 38.9 Å². The Balaban J connectivity index is 2.27. The average molecular weight is 352 g/mol. The zero-order valence-electron chi connectivity index (χ0n) is 8.84. The lowest BCUT2D eigenvalue weighted by Gasteiger charge is -2.02. The summed E-state index contributed by atoms with van der Waals surface area (Å²) >= 11 is 10.1. The summed E-state index contributed by atoms with van der Waals surface area (Å²) in [4.78, 5) is 12.3. The summed E-state index contributed by atoms with van der Waals surface area (Å²) in [5.41, 5.74) is -0.219. The third kappa shape index (κ3) is 2.79. The molecule has 1 nitrogen and oxygen atoms in total. The first-order valence-electron chi connectivity index (χ1n) is 4.90. The zero-order chi connectivity index (χ0) is 13.3. The molecule has 2 rings (SSSR count). The topological polar surface area (TPSA) is 17.1 Å². The van der Waals surface area contributed by atoms with E-state index in [0.717, 1.165) is 23.5 Å². The van der Waals surface area contributed by atoms with Gasteiger partial charge in [0.25, 0.3) is 0 Å². The van der Waals surface area contributed by atoms with Crippen molar-refractivity contribution in [2.45, 2.75) is 6.42 Å². The van der Waals surface area contributed by atoms with Gasteiger partial charge < -0.3 is 0 Å². The molecule has 0 atom stereocenters. The number of Topliss-reactive ketones (excluding diaryl/α,β-unsaturated/α-hetero) is 1. The molecule has 1 aromatic carbocycles. The molecule has 6 heteroatoms. The monoisotopic (exact) mass is 350 g/mol. The summed E-state index contributed by atoms with van der Waals surface area (Å²) < 4.78 is 27.8. The summed E-state index contributed by atoms with van der Waals surface area (Å²) in [6, 6.07) is 5.07. The quantitative estimate of drug-likeness (QED) is 0.721. The Morgan fingerprint density at radius 3 is 2.44 bits per heavy atom. The van der Waals surface area contributed by atoms with E-state index in [1.807, 2.05) is 0 Å². The second-order valence-electron chi connectivity index (χ2n) is 3.53. The van der Waals surface area contributed by atoms with E-state index >= 15 is 0 Å². The van der Waals surface area contributed by atoms with E-state index in [0.29, 0.717) is 13.7 Å². The van der Waals surface area contributed by atoms with Crippen LogP contribution in [0.15, 0.2) is 28.7 Å². The van der Waals surface area contributed by atoms with Gasteiger partial charge in [0.2, 0.25) is 0 Å². The van der Waals surface area contributed by atoms with E-state index in [2.05, 4.69) is 15.9 Å². The van der Waals surface area contributed by atoms with Crippen molar-refractivity contribution in [2.75, 3.05) is 0 Å². The molecule has 0 saturated heterocycles.